The quantitative estimate of drug-likeness (QED) is 0.755. The molecule has 1 heterocycles. The molecule has 2 nitrogen and oxygen atoms in total. The maximum absolute atomic E-state index is 5.89. The molecule has 0 aliphatic heterocycles. The molecule has 0 atom stereocenters. The molecule has 0 saturated carbocycles. The van der Waals surface area contributed by atoms with Crippen LogP contribution in [0.4, 0.5) is 0 Å². The molecule has 0 spiro atoms. The zero-order valence-corrected chi connectivity index (χ0v) is 9.07. The molecule has 0 aliphatic carbocycles. The monoisotopic (exact) mass is 198 g/mol. The third kappa shape index (κ3) is 2.68. The molecular weight excluding hydrogens is 184 g/mol. The molecule has 13 heavy (non-hydrogen) atoms. The largest absolute Gasteiger partial charge is 0.313 e. The second kappa shape index (κ2) is 4.58. The van der Waals surface area contributed by atoms with Crippen molar-refractivity contribution >= 4 is 11.6 Å². The number of nitrogens with one attached hydrogen (secondary N) is 1. The van der Waals surface area contributed by atoms with Crippen molar-refractivity contribution in [2.45, 2.75) is 27.3 Å². The van der Waals surface area contributed by atoms with Crippen LogP contribution in [0.1, 0.15) is 23.7 Å². The Morgan fingerprint density at radius 3 is 2.77 bits per heavy atom. The number of hydrogen-bond donors (Lipinski definition) is 1. The Labute approximate surface area is 84.3 Å². The van der Waals surface area contributed by atoms with Gasteiger partial charge in [-0.2, -0.15) is 0 Å². The Morgan fingerprint density at radius 2 is 2.15 bits per heavy atom. The van der Waals surface area contributed by atoms with Crippen LogP contribution < -0.4 is 5.32 Å². The van der Waals surface area contributed by atoms with E-state index in [4.69, 9.17) is 11.6 Å². The topological polar surface area (TPSA) is 24.9 Å². The summed E-state index contributed by atoms with van der Waals surface area (Å²) in [6.45, 7) is 7.89. The van der Waals surface area contributed by atoms with E-state index in [1.54, 1.807) is 0 Å². The number of aryl methyl sites for hydroxylation is 2. The van der Waals surface area contributed by atoms with Crippen molar-refractivity contribution in [1.29, 1.82) is 0 Å². The van der Waals surface area contributed by atoms with E-state index >= 15 is 0 Å². The Balaban J connectivity index is 2.88. The van der Waals surface area contributed by atoms with Gasteiger partial charge in [0.2, 0.25) is 0 Å². The highest BCUT2D eigenvalue weighted by Gasteiger charge is 2.03. The highest BCUT2D eigenvalue weighted by Crippen LogP contribution is 2.16. The van der Waals surface area contributed by atoms with Crippen LogP contribution in [0.5, 0.6) is 0 Å². The average molecular weight is 199 g/mol. The minimum absolute atomic E-state index is 0.609. The minimum atomic E-state index is 0.609. The molecule has 1 aromatic heterocycles. The van der Waals surface area contributed by atoms with Crippen LogP contribution in [0.3, 0.4) is 0 Å². The van der Waals surface area contributed by atoms with Gasteiger partial charge >= 0.3 is 0 Å². The molecule has 0 aliphatic rings. The molecule has 72 valence electrons. The van der Waals surface area contributed by atoms with Gasteiger partial charge in [0.25, 0.3) is 0 Å². The number of nitrogens with zero attached hydrogens (tertiary/aromatic N) is 1. The first-order valence-electron chi connectivity index (χ1n) is 4.48. The molecular formula is C10H15ClN2. The zero-order valence-electron chi connectivity index (χ0n) is 8.32. The lowest BCUT2D eigenvalue weighted by Gasteiger charge is -2.07. The van der Waals surface area contributed by atoms with E-state index in [9.17, 15) is 0 Å². The minimum Gasteiger partial charge on any atom is -0.313 e. The maximum Gasteiger partial charge on any atom is 0.132 e. The van der Waals surface area contributed by atoms with Gasteiger partial charge in [0, 0.05) is 12.2 Å². The summed E-state index contributed by atoms with van der Waals surface area (Å²) in [7, 11) is 0. The number of hydrogen-bond acceptors (Lipinski definition) is 2. The Hall–Kier alpha value is -0.600. The Bertz CT molecular complexity index is 297. The van der Waals surface area contributed by atoms with Crippen LogP contribution >= 0.6 is 11.6 Å². The third-order valence-corrected chi connectivity index (χ3v) is 2.39. The first kappa shape index (κ1) is 10.5. The van der Waals surface area contributed by atoms with E-state index in [-0.39, 0.29) is 0 Å². The van der Waals surface area contributed by atoms with Crippen molar-refractivity contribution in [1.82, 2.24) is 10.3 Å². The summed E-state index contributed by atoms with van der Waals surface area (Å²) in [5.74, 6) is 0. The van der Waals surface area contributed by atoms with Gasteiger partial charge in [-0.05, 0) is 37.6 Å². The van der Waals surface area contributed by atoms with Gasteiger partial charge < -0.3 is 5.32 Å². The Kier molecular flexibility index (Phi) is 3.70. The van der Waals surface area contributed by atoms with Gasteiger partial charge in [-0.1, -0.05) is 18.5 Å². The lowest BCUT2D eigenvalue weighted by molar-refractivity contribution is 0.719. The molecule has 0 saturated heterocycles. The number of rotatable bonds is 3. The summed E-state index contributed by atoms with van der Waals surface area (Å²) in [5, 5.41) is 3.88. The molecule has 0 unspecified atom stereocenters. The predicted molar refractivity (Wildman–Crippen MR) is 56.1 cm³/mol. The molecule has 3 heteroatoms. The summed E-state index contributed by atoms with van der Waals surface area (Å²) in [6.07, 6.45) is 0. The van der Waals surface area contributed by atoms with Crippen molar-refractivity contribution in [2.75, 3.05) is 6.54 Å². The smallest absolute Gasteiger partial charge is 0.132 e. The fourth-order valence-electron chi connectivity index (χ4n) is 1.17. The lowest BCUT2D eigenvalue weighted by atomic mass is 10.1. The second-order valence-corrected chi connectivity index (χ2v) is 3.48. The highest BCUT2D eigenvalue weighted by molar-refractivity contribution is 6.30. The molecule has 0 radical (unpaired) electrons. The van der Waals surface area contributed by atoms with E-state index in [0.717, 1.165) is 24.3 Å². The van der Waals surface area contributed by atoms with Crippen molar-refractivity contribution in [3.63, 3.8) is 0 Å². The second-order valence-electron chi connectivity index (χ2n) is 3.12. The van der Waals surface area contributed by atoms with Crippen molar-refractivity contribution < 1.29 is 0 Å². The fraction of sp³-hybridized carbons (Fsp3) is 0.500. The zero-order chi connectivity index (χ0) is 9.84. The normalized spacial score (nSPS) is 10.5. The van der Waals surface area contributed by atoms with E-state index in [0.29, 0.717) is 5.15 Å². The number of pyridine rings is 1. The van der Waals surface area contributed by atoms with Gasteiger partial charge in [-0.15, -0.1) is 0 Å². The van der Waals surface area contributed by atoms with Crippen LogP contribution in [-0.4, -0.2) is 11.5 Å². The lowest BCUT2D eigenvalue weighted by Crippen LogP contribution is -2.13. The molecule has 0 amide bonds. The van der Waals surface area contributed by atoms with Crippen LogP contribution in [0.2, 0.25) is 5.15 Å². The van der Waals surface area contributed by atoms with Crippen molar-refractivity contribution in [3.05, 3.63) is 28.0 Å². The van der Waals surface area contributed by atoms with Crippen LogP contribution in [0.25, 0.3) is 0 Å². The summed E-state index contributed by atoms with van der Waals surface area (Å²) >= 11 is 5.89. The highest BCUT2D eigenvalue weighted by atomic mass is 35.5. The first-order chi connectivity index (χ1) is 6.15. The average Bonchev–Trinajstić information content (AvgIpc) is 2.09. The maximum atomic E-state index is 5.89. The third-order valence-electron chi connectivity index (χ3n) is 2.01. The first-order valence-corrected chi connectivity index (χ1v) is 4.86. The summed E-state index contributed by atoms with van der Waals surface area (Å²) in [6, 6.07) is 2.09. The molecule has 0 aromatic carbocycles. The number of aromatic nitrogens is 1. The van der Waals surface area contributed by atoms with Gasteiger partial charge in [-0.25, -0.2) is 4.98 Å². The predicted octanol–water partition coefficient (Wildman–Crippen LogP) is 2.46. The summed E-state index contributed by atoms with van der Waals surface area (Å²) in [4.78, 5) is 4.25. The van der Waals surface area contributed by atoms with Gasteiger partial charge in [0.05, 0.1) is 0 Å². The molecule has 0 fully saturated rings. The van der Waals surface area contributed by atoms with E-state index < -0.39 is 0 Å². The van der Waals surface area contributed by atoms with E-state index in [1.807, 2.05) is 13.8 Å². The molecule has 1 N–H and O–H groups in total. The van der Waals surface area contributed by atoms with Crippen LogP contribution in [0, 0.1) is 13.8 Å². The SMILES string of the molecule is CCNCc1cc(C)c(Cl)nc1C. The van der Waals surface area contributed by atoms with E-state index in [1.165, 1.54) is 5.56 Å². The van der Waals surface area contributed by atoms with Gasteiger partial charge in [0.15, 0.2) is 0 Å². The molecule has 0 bridgehead atoms. The van der Waals surface area contributed by atoms with E-state index in [2.05, 4.69) is 23.3 Å². The van der Waals surface area contributed by atoms with Gasteiger partial charge in [-0.3, -0.25) is 0 Å². The molecule has 1 aromatic rings. The molecule has 1 rings (SSSR count). The number of halogens is 1. The Morgan fingerprint density at radius 1 is 1.46 bits per heavy atom. The van der Waals surface area contributed by atoms with Crippen molar-refractivity contribution in [3.8, 4) is 0 Å². The summed E-state index contributed by atoms with van der Waals surface area (Å²) < 4.78 is 0. The van der Waals surface area contributed by atoms with Crippen LogP contribution in [0.15, 0.2) is 6.07 Å². The van der Waals surface area contributed by atoms with Crippen LogP contribution in [-0.2, 0) is 6.54 Å². The van der Waals surface area contributed by atoms with Gasteiger partial charge in [0.1, 0.15) is 5.15 Å². The fourth-order valence-corrected chi connectivity index (χ4v) is 1.35. The van der Waals surface area contributed by atoms with Crippen molar-refractivity contribution in [2.24, 2.45) is 0 Å². The standard InChI is InChI=1S/C10H15ClN2/c1-4-12-6-9-5-7(2)10(11)13-8(9)3/h5,12H,4,6H2,1-3H3. The summed E-state index contributed by atoms with van der Waals surface area (Å²) in [5.41, 5.74) is 3.28.